The zero-order valence-corrected chi connectivity index (χ0v) is 18.2. The van der Waals surface area contributed by atoms with Crippen LogP contribution >= 0.6 is 0 Å². The van der Waals surface area contributed by atoms with Gasteiger partial charge in [0.2, 0.25) is 5.91 Å². The zero-order valence-electron chi connectivity index (χ0n) is 18.2. The van der Waals surface area contributed by atoms with Crippen LogP contribution in [0.1, 0.15) is 48.7 Å². The average Bonchev–Trinajstić information content (AvgIpc) is 3.41. The van der Waals surface area contributed by atoms with Crippen molar-refractivity contribution in [2.24, 2.45) is 0 Å². The molecule has 1 aliphatic carbocycles. The molecule has 1 N–H and O–H groups in total. The molecule has 3 aromatic rings. The maximum Gasteiger partial charge on any atom is 0.416 e. The van der Waals surface area contributed by atoms with E-state index >= 15 is 0 Å². The molecule has 2 aromatic carbocycles. The minimum atomic E-state index is -4.56. The van der Waals surface area contributed by atoms with Crippen LogP contribution in [0.4, 0.5) is 18.9 Å². The van der Waals surface area contributed by atoms with Gasteiger partial charge in [-0.1, -0.05) is 37.1 Å². The van der Waals surface area contributed by atoms with Crippen LogP contribution < -0.4 is 10.2 Å². The highest BCUT2D eigenvalue weighted by atomic mass is 19.4. The average molecular weight is 455 g/mol. The summed E-state index contributed by atoms with van der Waals surface area (Å²) in [5, 5.41) is 3.90. The molecule has 1 unspecified atom stereocenters. The van der Waals surface area contributed by atoms with Gasteiger partial charge in [-0.25, -0.2) is 0 Å². The Hall–Kier alpha value is -3.29. The summed E-state index contributed by atoms with van der Waals surface area (Å²) in [4.78, 5) is 28.6. The first-order valence-electron chi connectivity index (χ1n) is 11.1. The maximum absolute atomic E-state index is 13.7. The molecular formula is C25H24F3N3O2. The van der Waals surface area contributed by atoms with E-state index in [0.717, 1.165) is 48.7 Å². The minimum Gasteiger partial charge on any atom is -0.351 e. The molecule has 2 amide bonds. The lowest BCUT2D eigenvalue weighted by Crippen LogP contribution is -2.65. The molecule has 1 aliphatic heterocycles. The molecule has 33 heavy (non-hydrogen) atoms. The number of rotatable bonds is 3. The number of anilines is 1. The lowest BCUT2D eigenvalue weighted by atomic mass is 9.93. The molecule has 0 radical (unpaired) electrons. The van der Waals surface area contributed by atoms with Gasteiger partial charge in [0, 0.05) is 22.6 Å². The Morgan fingerprint density at radius 3 is 2.52 bits per heavy atom. The predicted molar refractivity (Wildman–Crippen MR) is 119 cm³/mol. The topological polar surface area (TPSA) is 54.3 Å². The first-order valence-corrected chi connectivity index (χ1v) is 11.1. The van der Waals surface area contributed by atoms with Crippen molar-refractivity contribution in [3.05, 3.63) is 65.9 Å². The molecular weight excluding hydrogens is 431 g/mol. The van der Waals surface area contributed by atoms with Crippen molar-refractivity contribution in [3.63, 3.8) is 0 Å². The van der Waals surface area contributed by atoms with Gasteiger partial charge in [0.1, 0.15) is 11.2 Å². The van der Waals surface area contributed by atoms with Gasteiger partial charge in [-0.2, -0.15) is 13.2 Å². The van der Waals surface area contributed by atoms with Crippen molar-refractivity contribution in [1.82, 2.24) is 9.88 Å². The summed E-state index contributed by atoms with van der Waals surface area (Å²) >= 11 is 0. The molecule has 0 saturated heterocycles. The van der Waals surface area contributed by atoms with Crippen LogP contribution in [-0.2, 0) is 17.5 Å². The molecule has 2 heterocycles. The van der Waals surface area contributed by atoms with E-state index in [1.807, 2.05) is 24.3 Å². The normalized spacial score (nSPS) is 21.5. The number of para-hydroxylation sites is 1. The quantitative estimate of drug-likeness (QED) is 0.595. The number of nitrogens with one attached hydrogen (secondary N) is 1. The summed E-state index contributed by atoms with van der Waals surface area (Å²) in [6.45, 7) is 1.77. The van der Waals surface area contributed by atoms with Crippen LogP contribution in [0.25, 0.3) is 10.9 Å². The third kappa shape index (κ3) is 3.57. The van der Waals surface area contributed by atoms with E-state index < -0.39 is 23.2 Å². The molecule has 1 fully saturated rings. The lowest BCUT2D eigenvalue weighted by molar-refractivity contribution is -0.137. The molecule has 5 rings (SSSR count). The number of halogens is 3. The molecule has 2 aliphatic rings. The number of alkyl halides is 3. The van der Waals surface area contributed by atoms with E-state index in [9.17, 15) is 22.8 Å². The molecule has 172 valence electrons. The Labute approximate surface area is 189 Å². The zero-order chi connectivity index (χ0) is 23.4. The fraction of sp³-hybridized carbons (Fsp3) is 0.360. The standard InChI is InChI=1S/C25H24F3N3O2/c1-24(23(33)29-18-9-3-4-10-18)15-30-20-12-5-2-7-16(20)13-21(30)22(32)31(24)19-11-6-8-17(14-19)25(26,27)28/h2,5-8,11-14,18H,3-4,9-10,15H2,1H3,(H,29,33). The van der Waals surface area contributed by atoms with Crippen molar-refractivity contribution in [2.75, 3.05) is 4.90 Å². The minimum absolute atomic E-state index is 0.00981. The van der Waals surface area contributed by atoms with Gasteiger partial charge in [-0.05, 0) is 50.1 Å². The molecule has 8 heteroatoms. The Kier molecular flexibility index (Phi) is 4.99. The van der Waals surface area contributed by atoms with Crippen molar-refractivity contribution >= 4 is 28.4 Å². The van der Waals surface area contributed by atoms with Gasteiger partial charge in [0.05, 0.1) is 12.1 Å². The van der Waals surface area contributed by atoms with E-state index in [4.69, 9.17) is 0 Å². The second-order valence-electron chi connectivity index (χ2n) is 9.09. The van der Waals surface area contributed by atoms with Crippen molar-refractivity contribution < 1.29 is 22.8 Å². The first-order chi connectivity index (χ1) is 15.7. The summed E-state index contributed by atoms with van der Waals surface area (Å²) in [6.07, 6.45) is -0.811. The largest absolute Gasteiger partial charge is 0.416 e. The van der Waals surface area contributed by atoms with Gasteiger partial charge in [-0.3, -0.25) is 14.5 Å². The monoisotopic (exact) mass is 455 g/mol. The highest BCUT2D eigenvalue weighted by molar-refractivity contribution is 6.14. The van der Waals surface area contributed by atoms with Crippen LogP contribution in [0, 0.1) is 0 Å². The van der Waals surface area contributed by atoms with E-state index in [2.05, 4.69) is 5.32 Å². The van der Waals surface area contributed by atoms with Crippen molar-refractivity contribution in [3.8, 4) is 0 Å². The lowest BCUT2D eigenvalue weighted by Gasteiger charge is -2.44. The van der Waals surface area contributed by atoms with Crippen molar-refractivity contribution in [1.29, 1.82) is 0 Å². The van der Waals surface area contributed by atoms with Gasteiger partial charge in [0.15, 0.2) is 0 Å². The maximum atomic E-state index is 13.7. The summed E-state index contributed by atoms with van der Waals surface area (Å²) in [5.74, 6) is -0.857. The number of fused-ring (bicyclic) bond motifs is 3. The summed E-state index contributed by atoms with van der Waals surface area (Å²) in [5.41, 5.74) is -1.06. The van der Waals surface area contributed by atoms with E-state index in [1.54, 1.807) is 17.6 Å². The number of benzene rings is 2. The molecule has 5 nitrogen and oxygen atoms in total. The van der Waals surface area contributed by atoms with Crippen LogP contribution in [-0.4, -0.2) is 28.0 Å². The molecule has 1 saturated carbocycles. The van der Waals surface area contributed by atoms with Crippen LogP contribution in [0.2, 0.25) is 0 Å². The Morgan fingerprint density at radius 1 is 1.06 bits per heavy atom. The second-order valence-corrected chi connectivity index (χ2v) is 9.09. The number of carbonyl (C=O) groups excluding carboxylic acids is 2. The van der Waals surface area contributed by atoms with Gasteiger partial charge in [-0.15, -0.1) is 0 Å². The van der Waals surface area contributed by atoms with E-state index in [-0.39, 0.29) is 24.2 Å². The predicted octanol–water partition coefficient (Wildman–Crippen LogP) is 5.14. The second kappa shape index (κ2) is 7.64. The number of aromatic nitrogens is 1. The van der Waals surface area contributed by atoms with E-state index in [0.29, 0.717) is 5.69 Å². The number of nitrogens with zero attached hydrogens (tertiary/aromatic N) is 2. The Morgan fingerprint density at radius 2 is 1.79 bits per heavy atom. The highest BCUT2D eigenvalue weighted by Gasteiger charge is 2.49. The van der Waals surface area contributed by atoms with Crippen LogP contribution in [0.3, 0.4) is 0 Å². The SMILES string of the molecule is CC1(C(=O)NC2CCCC2)Cn2c(cc3ccccc32)C(=O)N1c1cccc(C(F)(F)F)c1. The third-order valence-corrected chi connectivity index (χ3v) is 6.80. The summed E-state index contributed by atoms with van der Waals surface area (Å²) in [6, 6.07) is 13.8. The van der Waals surface area contributed by atoms with Crippen LogP contribution in [0.5, 0.6) is 0 Å². The van der Waals surface area contributed by atoms with Crippen molar-refractivity contribution in [2.45, 2.75) is 56.9 Å². The van der Waals surface area contributed by atoms with E-state index in [1.165, 1.54) is 17.0 Å². The Bertz CT molecular complexity index is 1240. The third-order valence-electron chi connectivity index (χ3n) is 6.80. The molecule has 0 spiro atoms. The Balaban J connectivity index is 1.65. The highest BCUT2D eigenvalue weighted by Crippen LogP contribution is 2.38. The fourth-order valence-electron chi connectivity index (χ4n) is 5.08. The smallest absolute Gasteiger partial charge is 0.351 e. The van der Waals surface area contributed by atoms with Gasteiger partial charge >= 0.3 is 6.18 Å². The summed E-state index contributed by atoms with van der Waals surface area (Å²) in [7, 11) is 0. The molecule has 1 atom stereocenters. The van der Waals surface area contributed by atoms with Crippen LogP contribution in [0.15, 0.2) is 54.6 Å². The number of hydrogen-bond acceptors (Lipinski definition) is 2. The molecule has 0 bridgehead atoms. The number of carbonyl (C=O) groups is 2. The number of hydrogen-bond donors (Lipinski definition) is 1. The number of amides is 2. The summed E-state index contributed by atoms with van der Waals surface area (Å²) < 4.78 is 42.1. The first kappa shape index (κ1) is 21.6. The molecule has 1 aromatic heterocycles. The fourth-order valence-corrected chi connectivity index (χ4v) is 5.08. The van der Waals surface area contributed by atoms with Gasteiger partial charge < -0.3 is 9.88 Å². The van der Waals surface area contributed by atoms with Gasteiger partial charge in [0.25, 0.3) is 5.91 Å².